The quantitative estimate of drug-likeness (QED) is 0.820. The molecular formula is C20H23F3N2O2. The molecule has 2 aromatic rings. The van der Waals surface area contributed by atoms with Crippen molar-refractivity contribution in [2.75, 3.05) is 37.6 Å². The maximum Gasteiger partial charge on any atom is 0.573 e. The molecule has 0 amide bonds. The number of phenols is 1. The summed E-state index contributed by atoms with van der Waals surface area (Å²) >= 11 is 0. The molecule has 7 heteroatoms. The number of benzene rings is 2. The first kappa shape index (κ1) is 19.4. The number of aromatic hydroxyl groups is 1. The third kappa shape index (κ3) is 6.06. The van der Waals surface area contributed by atoms with Crippen molar-refractivity contribution in [2.24, 2.45) is 0 Å². The van der Waals surface area contributed by atoms with E-state index in [-0.39, 0.29) is 11.5 Å². The average molecular weight is 380 g/mol. The van der Waals surface area contributed by atoms with Crippen LogP contribution >= 0.6 is 0 Å². The fraction of sp³-hybridized carbons (Fsp3) is 0.400. The Bertz CT molecular complexity index is 710. The summed E-state index contributed by atoms with van der Waals surface area (Å²) in [6, 6.07) is 13.3. The minimum atomic E-state index is -4.65. The van der Waals surface area contributed by atoms with E-state index >= 15 is 0 Å². The molecule has 1 aliphatic rings. The Morgan fingerprint density at radius 3 is 2.11 bits per heavy atom. The number of aryl methyl sites for hydroxylation is 1. The smallest absolute Gasteiger partial charge is 0.508 e. The molecular weight excluding hydrogens is 357 g/mol. The first-order chi connectivity index (χ1) is 12.9. The van der Waals surface area contributed by atoms with Crippen LogP contribution in [0, 0.1) is 0 Å². The van der Waals surface area contributed by atoms with Crippen LogP contribution in [0.1, 0.15) is 12.0 Å². The fourth-order valence-corrected chi connectivity index (χ4v) is 3.26. The molecule has 0 spiro atoms. The summed E-state index contributed by atoms with van der Waals surface area (Å²) in [5.41, 5.74) is 2.13. The van der Waals surface area contributed by atoms with Gasteiger partial charge >= 0.3 is 6.36 Å². The number of hydrogen-bond acceptors (Lipinski definition) is 4. The molecule has 4 nitrogen and oxygen atoms in total. The van der Waals surface area contributed by atoms with Gasteiger partial charge in [0.05, 0.1) is 0 Å². The number of hydrogen-bond donors (Lipinski definition) is 1. The van der Waals surface area contributed by atoms with Gasteiger partial charge in [-0.1, -0.05) is 12.1 Å². The minimum Gasteiger partial charge on any atom is -0.508 e. The first-order valence-electron chi connectivity index (χ1n) is 9.00. The lowest BCUT2D eigenvalue weighted by molar-refractivity contribution is -0.274. The monoisotopic (exact) mass is 380 g/mol. The van der Waals surface area contributed by atoms with E-state index in [1.807, 2.05) is 12.1 Å². The van der Waals surface area contributed by atoms with E-state index in [1.165, 1.54) is 12.1 Å². The average Bonchev–Trinajstić information content (AvgIpc) is 2.63. The largest absolute Gasteiger partial charge is 0.573 e. The van der Waals surface area contributed by atoms with E-state index in [4.69, 9.17) is 0 Å². The molecule has 0 aliphatic carbocycles. The lowest BCUT2D eigenvalue weighted by Crippen LogP contribution is -2.46. The zero-order valence-electron chi connectivity index (χ0n) is 15.0. The Morgan fingerprint density at radius 1 is 0.889 bits per heavy atom. The third-order valence-corrected chi connectivity index (χ3v) is 4.68. The van der Waals surface area contributed by atoms with Crippen LogP contribution in [0.3, 0.4) is 0 Å². The molecule has 0 saturated carbocycles. The van der Waals surface area contributed by atoms with Gasteiger partial charge in [0.1, 0.15) is 11.5 Å². The molecule has 146 valence electrons. The van der Waals surface area contributed by atoms with Crippen LogP contribution in [0.2, 0.25) is 0 Å². The van der Waals surface area contributed by atoms with Crippen molar-refractivity contribution in [3.63, 3.8) is 0 Å². The number of alkyl halides is 3. The van der Waals surface area contributed by atoms with Gasteiger partial charge in [-0.2, -0.15) is 0 Å². The van der Waals surface area contributed by atoms with Crippen molar-refractivity contribution < 1.29 is 23.0 Å². The number of rotatable bonds is 6. The zero-order valence-corrected chi connectivity index (χ0v) is 15.0. The van der Waals surface area contributed by atoms with Crippen LogP contribution in [0.15, 0.2) is 48.5 Å². The van der Waals surface area contributed by atoms with Crippen molar-refractivity contribution in [2.45, 2.75) is 19.2 Å². The highest BCUT2D eigenvalue weighted by Crippen LogP contribution is 2.23. The van der Waals surface area contributed by atoms with Crippen molar-refractivity contribution >= 4 is 5.69 Å². The lowest BCUT2D eigenvalue weighted by Gasteiger charge is -2.36. The number of ether oxygens (including phenoxy) is 1. The highest BCUT2D eigenvalue weighted by atomic mass is 19.4. The number of halogens is 3. The molecule has 1 heterocycles. The van der Waals surface area contributed by atoms with E-state index in [2.05, 4.69) is 14.5 Å². The molecule has 1 aliphatic heterocycles. The van der Waals surface area contributed by atoms with Crippen LogP contribution < -0.4 is 9.64 Å². The highest BCUT2D eigenvalue weighted by Gasteiger charge is 2.30. The minimum absolute atomic E-state index is 0.184. The SMILES string of the molecule is Oc1ccc(N2CCN(CCCc3ccc(OC(F)(F)F)cc3)CC2)cc1. The van der Waals surface area contributed by atoms with Crippen LogP contribution in [0.4, 0.5) is 18.9 Å². The van der Waals surface area contributed by atoms with Gasteiger partial charge in [-0.3, -0.25) is 4.90 Å². The predicted octanol–water partition coefficient (Wildman–Crippen LogP) is 4.05. The summed E-state index contributed by atoms with van der Waals surface area (Å²) in [6.07, 6.45) is -2.87. The van der Waals surface area contributed by atoms with Gasteiger partial charge in [0.15, 0.2) is 0 Å². The second kappa shape index (κ2) is 8.52. The van der Waals surface area contributed by atoms with Crippen molar-refractivity contribution in [3.8, 4) is 11.5 Å². The van der Waals surface area contributed by atoms with E-state index < -0.39 is 6.36 Å². The lowest BCUT2D eigenvalue weighted by atomic mass is 10.1. The zero-order chi connectivity index (χ0) is 19.3. The number of anilines is 1. The summed E-state index contributed by atoms with van der Waals surface area (Å²) in [4.78, 5) is 4.70. The van der Waals surface area contributed by atoms with Gasteiger partial charge < -0.3 is 14.7 Å². The van der Waals surface area contributed by atoms with Gasteiger partial charge in [-0.15, -0.1) is 13.2 Å². The molecule has 0 unspecified atom stereocenters. The van der Waals surface area contributed by atoms with Crippen LogP contribution in [0.5, 0.6) is 11.5 Å². The molecule has 0 aromatic heterocycles. The van der Waals surface area contributed by atoms with E-state index in [1.54, 1.807) is 24.3 Å². The molecule has 1 N–H and O–H groups in total. The Balaban J connectivity index is 1.38. The van der Waals surface area contributed by atoms with Gasteiger partial charge in [0.2, 0.25) is 0 Å². The molecule has 1 saturated heterocycles. The normalized spacial score (nSPS) is 15.7. The van der Waals surface area contributed by atoms with E-state index in [0.717, 1.165) is 56.8 Å². The van der Waals surface area contributed by atoms with Crippen molar-refractivity contribution in [1.82, 2.24) is 4.90 Å². The Hall–Kier alpha value is -2.41. The Morgan fingerprint density at radius 2 is 1.52 bits per heavy atom. The van der Waals surface area contributed by atoms with Gasteiger partial charge in [0, 0.05) is 31.9 Å². The number of piperazine rings is 1. The van der Waals surface area contributed by atoms with E-state index in [0.29, 0.717) is 0 Å². The molecule has 27 heavy (non-hydrogen) atoms. The second-order valence-electron chi connectivity index (χ2n) is 6.64. The summed E-state index contributed by atoms with van der Waals surface area (Å²) in [5, 5.41) is 9.37. The second-order valence-corrected chi connectivity index (χ2v) is 6.64. The molecule has 0 radical (unpaired) electrons. The Kier molecular flexibility index (Phi) is 6.11. The van der Waals surface area contributed by atoms with Crippen LogP contribution in [-0.2, 0) is 6.42 Å². The molecule has 0 atom stereocenters. The first-order valence-corrected chi connectivity index (χ1v) is 9.00. The molecule has 1 fully saturated rings. The van der Waals surface area contributed by atoms with Crippen LogP contribution in [-0.4, -0.2) is 49.1 Å². The maximum absolute atomic E-state index is 12.2. The maximum atomic E-state index is 12.2. The molecule has 2 aromatic carbocycles. The van der Waals surface area contributed by atoms with Crippen molar-refractivity contribution in [1.29, 1.82) is 0 Å². The number of nitrogens with zero attached hydrogens (tertiary/aromatic N) is 2. The van der Waals surface area contributed by atoms with Crippen LogP contribution in [0.25, 0.3) is 0 Å². The standard InChI is InChI=1S/C20H23F3N2O2/c21-20(22,23)27-19-9-3-16(4-10-19)2-1-11-24-12-14-25(15-13-24)17-5-7-18(26)8-6-17/h3-10,26H,1-2,11-15H2. The highest BCUT2D eigenvalue weighted by molar-refractivity contribution is 5.49. The van der Waals surface area contributed by atoms with Gasteiger partial charge in [0.25, 0.3) is 0 Å². The third-order valence-electron chi connectivity index (χ3n) is 4.68. The summed E-state index contributed by atoms with van der Waals surface area (Å²) < 4.78 is 40.4. The Labute approximate surface area is 156 Å². The summed E-state index contributed by atoms with van der Waals surface area (Å²) in [5.74, 6) is 0.0898. The topological polar surface area (TPSA) is 35.9 Å². The van der Waals surface area contributed by atoms with E-state index in [9.17, 15) is 18.3 Å². The van der Waals surface area contributed by atoms with Gasteiger partial charge in [-0.05, 0) is 61.3 Å². The fourth-order valence-electron chi connectivity index (χ4n) is 3.26. The molecule has 0 bridgehead atoms. The van der Waals surface area contributed by atoms with Gasteiger partial charge in [-0.25, -0.2) is 0 Å². The predicted molar refractivity (Wildman–Crippen MR) is 98.2 cm³/mol. The van der Waals surface area contributed by atoms with Crippen molar-refractivity contribution in [3.05, 3.63) is 54.1 Å². The summed E-state index contributed by atoms with van der Waals surface area (Å²) in [6.45, 7) is 4.78. The number of phenolic OH excluding ortho intramolecular Hbond substituents is 1. The summed E-state index contributed by atoms with van der Waals surface area (Å²) in [7, 11) is 0. The molecule has 3 rings (SSSR count).